The highest BCUT2D eigenvalue weighted by atomic mass is 16.6. The molecule has 0 radical (unpaired) electrons. The van der Waals surface area contributed by atoms with Gasteiger partial charge in [-0.3, -0.25) is 24.1 Å². The molecule has 0 aliphatic carbocycles. The number of aliphatic hydroxyl groups is 1. The van der Waals surface area contributed by atoms with Crippen molar-refractivity contribution in [3.63, 3.8) is 0 Å². The molecule has 2 aliphatic heterocycles. The lowest BCUT2D eigenvalue weighted by Gasteiger charge is -2.40. The molecular formula is C28H36BN5O7. The molecule has 0 spiro atoms. The van der Waals surface area contributed by atoms with Crippen molar-refractivity contribution in [1.82, 2.24) is 25.8 Å². The number of hydrogen-bond donors (Lipinski definition) is 4. The molecule has 41 heavy (non-hydrogen) atoms. The Morgan fingerprint density at radius 2 is 1.66 bits per heavy atom. The van der Waals surface area contributed by atoms with E-state index in [-0.39, 0.29) is 11.6 Å². The van der Waals surface area contributed by atoms with Crippen molar-refractivity contribution in [1.29, 1.82) is 0 Å². The number of fused-ring (bicyclic) bond motifs is 2. The predicted octanol–water partition coefficient (Wildman–Crippen LogP) is 0.158. The Balaban J connectivity index is 1.51. The maximum atomic E-state index is 13.4. The van der Waals surface area contributed by atoms with Crippen molar-refractivity contribution in [2.24, 2.45) is 5.92 Å². The van der Waals surface area contributed by atoms with E-state index < -0.39 is 61.0 Å². The first kappa shape index (κ1) is 30.2. The third kappa shape index (κ3) is 7.29. The van der Waals surface area contributed by atoms with Crippen LogP contribution in [0.1, 0.15) is 37.7 Å². The number of likely N-dealkylation sites (N-methyl/N-ethyl adjacent to an activating group) is 1. The van der Waals surface area contributed by atoms with Crippen LogP contribution in [0.5, 0.6) is 0 Å². The van der Waals surface area contributed by atoms with Crippen LogP contribution in [0, 0.1) is 5.92 Å². The van der Waals surface area contributed by atoms with E-state index in [0.29, 0.717) is 25.2 Å². The monoisotopic (exact) mass is 565 g/mol. The zero-order valence-electron chi connectivity index (χ0n) is 23.6. The van der Waals surface area contributed by atoms with Crippen LogP contribution in [-0.2, 0) is 23.7 Å². The maximum absolute atomic E-state index is 13.4. The minimum atomic E-state index is -1.38. The molecule has 1 aromatic carbocycles. The molecule has 12 nitrogen and oxygen atoms in total. The first-order valence-corrected chi connectivity index (χ1v) is 13.7. The number of benzene rings is 1. The van der Waals surface area contributed by atoms with Crippen molar-refractivity contribution in [3.05, 3.63) is 54.2 Å². The molecule has 218 valence electrons. The van der Waals surface area contributed by atoms with Gasteiger partial charge in [-0.15, -0.1) is 0 Å². The van der Waals surface area contributed by atoms with Crippen LogP contribution >= 0.6 is 0 Å². The highest BCUT2D eigenvalue weighted by Crippen LogP contribution is 2.20. The molecule has 5 atom stereocenters. The molecule has 4 N–H and O–H groups in total. The summed E-state index contributed by atoms with van der Waals surface area (Å²) in [6.45, 7) is 5.79. The first-order valence-electron chi connectivity index (χ1n) is 13.7. The number of nitrogens with zero attached hydrogens (tertiary/aromatic N) is 2. The quantitative estimate of drug-likeness (QED) is 0.309. The molecule has 2 aromatic rings. The van der Waals surface area contributed by atoms with Crippen molar-refractivity contribution in [2.45, 2.75) is 57.4 Å². The molecule has 1 aromatic heterocycles. The number of hydrogen-bond acceptors (Lipinski definition) is 10. The van der Waals surface area contributed by atoms with Crippen molar-refractivity contribution >= 4 is 30.9 Å². The smallest absolute Gasteiger partial charge is 0.497 e. The van der Waals surface area contributed by atoms with Crippen LogP contribution in [0.3, 0.4) is 0 Å². The highest BCUT2D eigenvalue weighted by Gasteiger charge is 2.48. The van der Waals surface area contributed by atoms with Crippen LogP contribution in [0.4, 0.5) is 0 Å². The fraction of sp³-hybridized carbons (Fsp3) is 0.464. The van der Waals surface area contributed by atoms with E-state index in [1.807, 2.05) is 44.2 Å². The van der Waals surface area contributed by atoms with Gasteiger partial charge in [0.05, 0.1) is 17.7 Å². The molecule has 2 aliphatic rings. The van der Waals surface area contributed by atoms with Gasteiger partial charge in [0.1, 0.15) is 23.8 Å². The van der Waals surface area contributed by atoms with Gasteiger partial charge in [-0.05, 0) is 38.4 Å². The summed E-state index contributed by atoms with van der Waals surface area (Å²) in [5.41, 5.74) is 1.46. The van der Waals surface area contributed by atoms with E-state index in [2.05, 4.69) is 20.9 Å². The molecule has 3 unspecified atom stereocenters. The van der Waals surface area contributed by atoms with E-state index >= 15 is 0 Å². The maximum Gasteiger partial charge on any atom is 0.622 e. The van der Waals surface area contributed by atoms with Gasteiger partial charge >= 0.3 is 19.1 Å². The Morgan fingerprint density at radius 3 is 2.24 bits per heavy atom. The van der Waals surface area contributed by atoms with E-state index in [1.54, 1.807) is 24.1 Å². The highest BCUT2D eigenvalue weighted by molar-refractivity contribution is 6.51. The number of amides is 2. The van der Waals surface area contributed by atoms with Gasteiger partial charge in [-0.2, -0.15) is 0 Å². The zero-order chi connectivity index (χ0) is 29.7. The Labute approximate surface area is 239 Å². The average Bonchev–Trinajstić information content (AvgIpc) is 2.94. The number of rotatable bonds is 9. The summed E-state index contributed by atoms with van der Waals surface area (Å²) >= 11 is 0. The number of carbonyl (C=O) groups excluding carboxylic acids is 4. The fourth-order valence-electron chi connectivity index (χ4n) is 4.91. The summed E-state index contributed by atoms with van der Waals surface area (Å²) in [4.78, 5) is 58.5. The predicted molar refractivity (Wildman–Crippen MR) is 150 cm³/mol. The third-order valence-electron chi connectivity index (χ3n) is 7.15. The lowest BCUT2D eigenvalue weighted by atomic mass is 9.73. The van der Waals surface area contributed by atoms with Gasteiger partial charge in [0.25, 0.3) is 5.91 Å². The first-order chi connectivity index (χ1) is 19.5. The Hall–Kier alpha value is -3.81. The van der Waals surface area contributed by atoms with Gasteiger partial charge in [0.15, 0.2) is 0 Å². The lowest BCUT2D eigenvalue weighted by molar-refractivity contribution is -0.156. The van der Waals surface area contributed by atoms with E-state index in [4.69, 9.17) is 9.31 Å². The van der Waals surface area contributed by atoms with Gasteiger partial charge in [-0.1, -0.05) is 50.2 Å². The summed E-state index contributed by atoms with van der Waals surface area (Å²) in [6, 6.07) is 11.5. The molecule has 2 bridgehead atoms. The Kier molecular flexibility index (Phi) is 9.74. The van der Waals surface area contributed by atoms with Crippen LogP contribution in [-0.4, -0.2) is 96.2 Å². The minimum absolute atomic E-state index is 0.0107. The minimum Gasteiger partial charge on any atom is -0.497 e. The molecule has 2 fully saturated rings. The second-order valence-electron chi connectivity index (χ2n) is 10.8. The van der Waals surface area contributed by atoms with Crippen molar-refractivity contribution in [2.75, 3.05) is 20.1 Å². The largest absolute Gasteiger partial charge is 0.622 e. The number of carbonyl (C=O) groups is 4. The summed E-state index contributed by atoms with van der Waals surface area (Å²) in [6.07, 6.45) is -0.987. The molecule has 13 heteroatoms. The van der Waals surface area contributed by atoms with Gasteiger partial charge in [0.2, 0.25) is 5.91 Å². The van der Waals surface area contributed by atoms with E-state index in [0.717, 1.165) is 5.56 Å². The second kappa shape index (κ2) is 13.2. The number of pyridine rings is 1. The molecular weight excluding hydrogens is 529 g/mol. The Bertz CT molecular complexity index is 1240. The molecule has 3 heterocycles. The SMILES string of the molecule is CC(C)CC(NC(=O)C(NC(=O)c1cccc(-c2ccccc2)n1)C(C)O)B1OC(=O)[C@@H]2CNC[C@@H](C(=O)O1)N2C. The van der Waals surface area contributed by atoms with Crippen LogP contribution in [0.25, 0.3) is 11.3 Å². The van der Waals surface area contributed by atoms with Crippen molar-refractivity contribution < 1.29 is 33.6 Å². The summed E-state index contributed by atoms with van der Waals surface area (Å²) in [7, 11) is 0.278. The number of aliphatic hydroxyl groups excluding tert-OH is 1. The van der Waals surface area contributed by atoms with Gasteiger partial charge in [0, 0.05) is 18.7 Å². The second-order valence-corrected chi connectivity index (χ2v) is 10.8. The number of aromatic nitrogens is 1. The lowest BCUT2D eigenvalue weighted by Crippen LogP contribution is -2.66. The summed E-state index contributed by atoms with van der Waals surface area (Å²) in [5.74, 6) is -3.48. The van der Waals surface area contributed by atoms with Gasteiger partial charge in [-0.25, -0.2) is 4.98 Å². The summed E-state index contributed by atoms with van der Waals surface area (Å²) in [5, 5.41) is 18.8. The molecule has 2 saturated heterocycles. The van der Waals surface area contributed by atoms with Crippen LogP contribution in [0.15, 0.2) is 48.5 Å². The van der Waals surface area contributed by atoms with Gasteiger partial charge < -0.3 is 30.4 Å². The standard InChI is InChI=1S/C28H36BN5O7/c1-16(2)13-23(29-40-27(38)21-14-30-15-22(34(21)4)28(39)41-29)32-26(37)24(17(3)35)33-25(36)20-12-8-11-19(31-20)18-9-6-5-7-10-18/h5-12,16-17,21-24,30,35H,13-15H2,1-4H3,(H,32,37)(H,33,36)/t17?,21-,22-,23?,24?/m0/s1. The zero-order valence-corrected chi connectivity index (χ0v) is 23.6. The van der Waals surface area contributed by atoms with E-state index in [1.165, 1.54) is 13.0 Å². The fourth-order valence-corrected chi connectivity index (χ4v) is 4.91. The Morgan fingerprint density at radius 1 is 1.02 bits per heavy atom. The normalized spacial score (nSPS) is 21.6. The molecule has 0 saturated carbocycles. The number of piperazine rings is 1. The van der Waals surface area contributed by atoms with Crippen molar-refractivity contribution in [3.8, 4) is 11.3 Å². The van der Waals surface area contributed by atoms with Crippen LogP contribution < -0.4 is 16.0 Å². The molecule has 2 amide bonds. The third-order valence-corrected chi connectivity index (χ3v) is 7.15. The topological polar surface area (TPSA) is 159 Å². The summed E-state index contributed by atoms with van der Waals surface area (Å²) < 4.78 is 11.2. The molecule has 4 rings (SSSR count). The van der Waals surface area contributed by atoms with Crippen LogP contribution in [0.2, 0.25) is 0 Å². The van der Waals surface area contributed by atoms with E-state index in [9.17, 15) is 24.3 Å². The average molecular weight is 565 g/mol. The number of nitrogens with one attached hydrogen (secondary N) is 3.